The van der Waals surface area contributed by atoms with Gasteiger partial charge in [0.15, 0.2) is 0 Å². The topological polar surface area (TPSA) is 42.1 Å². The Morgan fingerprint density at radius 3 is 2.56 bits per heavy atom. The lowest BCUT2D eigenvalue weighted by Gasteiger charge is -2.33. The molecule has 3 nitrogen and oxygen atoms in total. The highest BCUT2D eigenvalue weighted by atomic mass is 15.2. The van der Waals surface area contributed by atoms with Gasteiger partial charge in [-0.25, -0.2) is 0 Å². The zero-order valence-corrected chi connectivity index (χ0v) is 11.4. The summed E-state index contributed by atoms with van der Waals surface area (Å²) in [6.07, 6.45) is 9.96. The van der Waals surface area contributed by atoms with Gasteiger partial charge in [0, 0.05) is 18.8 Å². The minimum Gasteiger partial charge on any atom is -0.329 e. The van der Waals surface area contributed by atoms with Crippen molar-refractivity contribution in [3.8, 4) is 0 Å². The second-order valence-corrected chi connectivity index (χ2v) is 5.32. The summed E-state index contributed by atoms with van der Waals surface area (Å²) in [5.74, 6) is 0. The average Bonchev–Trinajstić information content (AvgIpc) is 2.69. The molecule has 1 heterocycles. The van der Waals surface area contributed by atoms with Crippen LogP contribution in [-0.4, -0.2) is 29.5 Å². The molecule has 0 aromatic carbocycles. The fraction of sp³-hybridized carbons (Fsp3) is 0.667. The molecule has 1 unspecified atom stereocenters. The maximum Gasteiger partial charge on any atom is 0.0644 e. The quantitative estimate of drug-likeness (QED) is 0.832. The third kappa shape index (κ3) is 3.30. The molecule has 0 spiro atoms. The van der Waals surface area contributed by atoms with Crippen molar-refractivity contribution < 1.29 is 0 Å². The van der Waals surface area contributed by atoms with Crippen LogP contribution in [0.25, 0.3) is 0 Å². The van der Waals surface area contributed by atoms with Crippen molar-refractivity contribution in [3.05, 3.63) is 30.1 Å². The smallest absolute Gasteiger partial charge is 0.0644 e. The molecule has 0 amide bonds. The van der Waals surface area contributed by atoms with E-state index in [1.54, 1.807) is 0 Å². The fourth-order valence-electron chi connectivity index (χ4n) is 2.99. The van der Waals surface area contributed by atoms with Crippen molar-refractivity contribution in [2.75, 3.05) is 13.6 Å². The van der Waals surface area contributed by atoms with E-state index in [2.05, 4.69) is 23.0 Å². The standard InChI is InChI=1S/C15H25N3/c1-18(13-8-4-2-3-5-9-13)15(12-16)14-10-6-7-11-17-14/h6-7,10-11,13,15H,2-5,8-9,12,16H2,1H3. The SMILES string of the molecule is CN(C1CCCCCC1)C(CN)c1ccccn1. The zero-order valence-electron chi connectivity index (χ0n) is 11.4. The Labute approximate surface area is 110 Å². The third-order valence-electron chi connectivity index (χ3n) is 4.14. The maximum absolute atomic E-state index is 5.97. The largest absolute Gasteiger partial charge is 0.329 e. The Morgan fingerprint density at radius 1 is 1.28 bits per heavy atom. The summed E-state index contributed by atoms with van der Waals surface area (Å²) < 4.78 is 0. The van der Waals surface area contributed by atoms with E-state index in [0.29, 0.717) is 12.6 Å². The van der Waals surface area contributed by atoms with Crippen LogP contribution in [0.4, 0.5) is 0 Å². The van der Waals surface area contributed by atoms with Crippen molar-refractivity contribution in [2.24, 2.45) is 5.73 Å². The first-order chi connectivity index (χ1) is 8.83. The van der Waals surface area contributed by atoms with Gasteiger partial charge in [0.05, 0.1) is 11.7 Å². The Kier molecular flexibility index (Phi) is 5.14. The molecule has 1 fully saturated rings. The van der Waals surface area contributed by atoms with Crippen molar-refractivity contribution in [2.45, 2.75) is 50.6 Å². The van der Waals surface area contributed by atoms with Crippen LogP contribution in [0, 0.1) is 0 Å². The lowest BCUT2D eigenvalue weighted by Crippen LogP contribution is -2.38. The van der Waals surface area contributed by atoms with E-state index in [9.17, 15) is 0 Å². The van der Waals surface area contributed by atoms with Gasteiger partial charge >= 0.3 is 0 Å². The normalized spacial score (nSPS) is 19.7. The maximum atomic E-state index is 5.97. The summed E-state index contributed by atoms with van der Waals surface area (Å²) in [6, 6.07) is 7.02. The van der Waals surface area contributed by atoms with E-state index < -0.39 is 0 Å². The Bertz CT molecular complexity index is 331. The van der Waals surface area contributed by atoms with Crippen LogP contribution in [0.2, 0.25) is 0 Å². The second-order valence-electron chi connectivity index (χ2n) is 5.32. The van der Waals surface area contributed by atoms with Crippen LogP contribution < -0.4 is 5.73 Å². The van der Waals surface area contributed by atoms with Gasteiger partial charge in [-0.2, -0.15) is 0 Å². The number of rotatable bonds is 4. The predicted octanol–water partition coefficient (Wildman–Crippen LogP) is 2.74. The predicted molar refractivity (Wildman–Crippen MR) is 75.3 cm³/mol. The summed E-state index contributed by atoms with van der Waals surface area (Å²) in [6.45, 7) is 0.643. The molecule has 1 aliphatic rings. The second kappa shape index (κ2) is 6.86. The molecule has 2 rings (SSSR count). The minimum atomic E-state index is 0.259. The van der Waals surface area contributed by atoms with E-state index in [4.69, 9.17) is 5.73 Å². The van der Waals surface area contributed by atoms with Gasteiger partial charge in [0.1, 0.15) is 0 Å². The number of pyridine rings is 1. The third-order valence-corrected chi connectivity index (χ3v) is 4.14. The first-order valence-electron chi connectivity index (χ1n) is 7.16. The van der Waals surface area contributed by atoms with Crippen molar-refractivity contribution >= 4 is 0 Å². The Morgan fingerprint density at radius 2 is 2.00 bits per heavy atom. The molecular weight excluding hydrogens is 222 g/mol. The van der Waals surface area contributed by atoms with E-state index in [1.165, 1.54) is 38.5 Å². The number of hydrogen-bond acceptors (Lipinski definition) is 3. The van der Waals surface area contributed by atoms with Crippen LogP contribution in [0.15, 0.2) is 24.4 Å². The monoisotopic (exact) mass is 247 g/mol. The molecule has 18 heavy (non-hydrogen) atoms. The van der Waals surface area contributed by atoms with Gasteiger partial charge < -0.3 is 5.73 Å². The highest BCUT2D eigenvalue weighted by molar-refractivity contribution is 5.09. The summed E-state index contributed by atoms with van der Waals surface area (Å²) in [5.41, 5.74) is 7.07. The molecular formula is C15H25N3. The molecule has 1 aromatic heterocycles. The summed E-state index contributed by atoms with van der Waals surface area (Å²) in [4.78, 5) is 6.92. The summed E-state index contributed by atoms with van der Waals surface area (Å²) in [7, 11) is 2.21. The summed E-state index contributed by atoms with van der Waals surface area (Å²) in [5, 5.41) is 0. The van der Waals surface area contributed by atoms with E-state index in [1.807, 2.05) is 18.3 Å². The number of nitrogens with zero attached hydrogens (tertiary/aromatic N) is 2. The van der Waals surface area contributed by atoms with Crippen LogP contribution in [0.5, 0.6) is 0 Å². The molecule has 0 saturated heterocycles. The number of likely N-dealkylation sites (N-methyl/N-ethyl adjacent to an activating group) is 1. The summed E-state index contributed by atoms with van der Waals surface area (Å²) >= 11 is 0. The molecule has 1 atom stereocenters. The fourth-order valence-corrected chi connectivity index (χ4v) is 2.99. The van der Waals surface area contributed by atoms with Gasteiger partial charge in [-0.1, -0.05) is 31.7 Å². The van der Waals surface area contributed by atoms with Crippen molar-refractivity contribution in [1.29, 1.82) is 0 Å². The molecule has 3 heteroatoms. The molecule has 2 N–H and O–H groups in total. The van der Waals surface area contributed by atoms with Crippen LogP contribution in [0.3, 0.4) is 0 Å². The molecule has 1 saturated carbocycles. The van der Waals surface area contributed by atoms with Crippen LogP contribution >= 0.6 is 0 Å². The van der Waals surface area contributed by atoms with Gasteiger partial charge in [0.25, 0.3) is 0 Å². The Hall–Kier alpha value is -0.930. The van der Waals surface area contributed by atoms with Gasteiger partial charge in [0.2, 0.25) is 0 Å². The van der Waals surface area contributed by atoms with E-state index in [0.717, 1.165) is 5.69 Å². The highest BCUT2D eigenvalue weighted by Gasteiger charge is 2.24. The minimum absolute atomic E-state index is 0.259. The molecule has 1 aromatic rings. The zero-order chi connectivity index (χ0) is 12.8. The van der Waals surface area contributed by atoms with Crippen molar-refractivity contribution in [1.82, 2.24) is 9.88 Å². The molecule has 100 valence electrons. The number of nitrogens with two attached hydrogens (primary N) is 1. The molecule has 1 aliphatic carbocycles. The first kappa shape index (κ1) is 13.5. The number of hydrogen-bond donors (Lipinski definition) is 1. The first-order valence-corrected chi connectivity index (χ1v) is 7.16. The van der Waals surface area contributed by atoms with E-state index in [-0.39, 0.29) is 6.04 Å². The van der Waals surface area contributed by atoms with Crippen LogP contribution in [0.1, 0.15) is 50.3 Å². The van der Waals surface area contributed by atoms with E-state index >= 15 is 0 Å². The highest BCUT2D eigenvalue weighted by Crippen LogP contribution is 2.26. The van der Waals surface area contributed by atoms with Gasteiger partial charge in [-0.3, -0.25) is 9.88 Å². The number of aromatic nitrogens is 1. The lowest BCUT2D eigenvalue weighted by molar-refractivity contribution is 0.158. The average molecular weight is 247 g/mol. The Balaban J connectivity index is 2.06. The van der Waals surface area contributed by atoms with Crippen molar-refractivity contribution in [3.63, 3.8) is 0 Å². The lowest BCUT2D eigenvalue weighted by atomic mass is 10.0. The molecule has 0 aliphatic heterocycles. The molecule has 0 bridgehead atoms. The molecule has 0 radical (unpaired) electrons. The van der Waals surface area contributed by atoms with Crippen LogP contribution in [-0.2, 0) is 0 Å². The van der Waals surface area contributed by atoms with Gasteiger partial charge in [-0.15, -0.1) is 0 Å². The van der Waals surface area contributed by atoms with Gasteiger partial charge in [-0.05, 0) is 32.0 Å².